The zero-order chi connectivity index (χ0) is 14.4. The minimum absolute atomic E-state index is 0.0902. The van der Waals surface area contributed by atoms with Gasteiger partial charge in [-0.05, 0) is 23.6 Å². The van der Waals surface area contributed by atoms with Crippen LogP contribution in [0.15, 0.2) is 53.5 Å². The van der Waals surface area contributed by atoms with Crippen molar-refractivity contribution in [2.24, 2.45) is 4.99 Å². The molecule has 2 aromatic carbocycles. The van der Waals surface area contributed by atoms with Crippen molar-refractivity contribution in [2.75, 3.05) is 0 Å². The Hall–Kier alpha value is -2.91. The molecule has 0 saturated heterocycles. The molecule has 2 aromatic rings. The summed E-state index contributed by atoms with van der Waals surface area (Å²) in [6.45, 7) is 2.41. The molecule has 2 rings (SSSR count). The molecule has 96 valence electrons. The summed E-state index contributed by atoms with van der Waals surface area (Å²) >= 11 is 0. The van der Waals surface area contributed by atoms with E-state index in [4.69, 9.17) is 10.5 Å². The van der Waals surface area contributed by atoms with E-state index in [-0.39, 0.29) is 5.71 Å². The van der Waals surface area contributed by atoms with Crippen molar-refractivity contribution < 1.29 is 0 Å². The summed E-state index contributed by atoms with van der Waals surface area (Å²) in [4.78, 5) is 3.94. The zero-order valence-corrected chi connectivity index (χ0v) is 11.2. The Kier molecular flexibility index (Phi) is 4.27. The fourth-order valence-corrected chi connectivity index (χ4v) is 1.81. The summed E-state index contributed by atoms with van der Waals surface area (Å²) in [6.07, 6.45) is 0. The lowest BCUT2D eigenvalue weighted by Gasteiger charge is -2.03. The highest BCUT2D eigenvalue weighted by Gasteiger charge is 1.99. The van der Waals surface area contributed by atoms with E-state index >= 15 is 0 Å². The lowest BCUT2D eigenvalue weighted by molar-refractivity contribution is 1.07. The maximum Gasteiger partial charge on any atom is 0.213 e. The standard InChI is InChI=1S/C17H13N3/c1-13-2-6-15(7-3-13)16-8-4-14(5-9-16)12-20-17(10-18)11-19/h2-9H,12H2,1H3. The first-order valence-corrected chi connectivity index (χ1v) is 6.23. The molecule has 0 spiro atoms. The van der Waals surface area contributed by atoms with Crippen molar-refractivity contribution in [3.63, 3.8) is 0 Å². The molecule has 0 heterocycles. The van der Waals surface area contributed by atoms with Gasteiger partial charge in [0.1, 0.15) is 12.1 Å². The molecule has 0 N–H and O–H groups in total. The van der Waals surface area contributed by atoms with Crippen LogP contribution in [-0.2, 0) is 6.54 Å². The van der Waals surface area contributed by atoms with Crippen molar-refractivity contribution in [1.82, 2.24) is 0 Å². The topological polar surface area (TPSA) is 59.9 Å². The molecule has 0 fully saturated rings. The van der Waals surface area contributed by atoms with E-state index in [9.17, 15) is 0 Å². The average molecular weight is 259 g/mol. The summed E-state index contributed by atoms with van der Waals surface area (Å²) in [7, 11) is 0. The lowest BCUT2D eigenvalue weighted by Crippen LogP contribution is -1.90. The van der Waals surface area contributed by atoms with Crippen LogP contribution >= 0.6 is 0 Å². The molecular weight excluding hydrogens is 246 g/mol. The second kappa shape index (κ2) is 6.31. The van der Waals surface area contributed by atoms with E-state index < -0.39 is 0 Å². The summed E-state index contributed by atoms with van der Waals surface area (Å²) in [6, 6.07) is 19.8. The molecule has 3 nitrogen and oxygen atoms in total. The monoisotopic (exact) mass is 259 g/mol. The van der Waals surface area contributed by atoms with Crippen LogP contribution in [0.1, 0.15) is 11.1 Å². The first-order chi connectivity index (χ1) is 9.72. The summed E-state index contributed by atoms with van der Waals surface area (Å²) in [5.74, 6) is 0. The van der Waals surface area contributed by atoms with Gasteiger partial charge in [-0.1, -0.05) is 54.1 Å². The Balaban J connectivity index is 2.15. The number of benzene rings is 2. The van der Waals surface area contributed by atoms with Gasteiger partial charge in [0.2, 0.25) is 5.71 Å². The third-order valence-electron chi connectivity index (χ3n) is 2.97. The molecule has 0 saturated carbocycles. The third-order valence-corrected chi connectivity index (χ3v) is 2.97. The molecule has 0 unspecified atom stereocenters. The number of nitrogens with zero attached hydrogens (tertiary/aromatic N) is 3. The van der Waals surface area contributed by atoms with Crippen LogP contribution in [0.5, 0.6) is 0 Å². The van der Waals surface area contributed by atoms with Gasteiger partial charge < -0.3 is 0 Å². The van der Waals surface area contributed by atoms with E-state index in [1.807, 2.05) is 24.3 Å². The Morgan fingerprint density at radius 2 is 1.40 bits per heavy atom. The van der Waals surface area contributed by atoms with Gasteiger partial charge in [-0.15, -0.1) is 0 Å². The van der Waals surface area contributed by atoms with Gasteiger partial charge in [0.15, 0.2) is 0 Å². The lowest BCUT2D eigenvalue weighted by atomic mass is 10.0. The van der Waals surface area contributed by atoms with Crippen LogP contribution in [0.4, 0.5) is 0 Å². The van der Waals surface area contributed by atoms with Gasteiger partial charge in [-0.3, -0.25) is 4.99 Å². The van der Waals surface area contributed by atoms with E-state index in [2.05, 4.69) is 36.2 Å². The fourth-order valence-electron chi connectivity index (χ4n) is 1.81. The predicted molar refractivity (Wildman–Crippen MR) is 79.0 cm³/mol. The average Bonchev–Trinajstić information content (AvgIpc) is 2.50. The first kappa shape index (κ1) is 13.5. The smallest absolute Gasteiger partial charge is 0.213 e. The van der Waals surface area contributed by atoms with Crippen LogP contribution in [-0.4, -0.2) is 5.71 Å². The van der Waals surface area contributed by atoms with Gasteiger partial charge in [0, 0.05) is 0 Å². The van der Waals surface area contributed by atoms with Crippen LogP contribution in [0.3, 0.4) is 0 Å². The summed E-state index contributed by atoms with van der Waals surface area (Å²) in [5, 5.41) is 17.2. The first-order valence-electron chi connectivity index (χ1n) is 6.23. The molecule has 3 heteroatoms. The highest BCUT2D eigenvalue weighted by molar-refractivity contribution is 6.10. The highest BCUT2D eigenvalue weighted by atomic mass is 14.7. The van der Waals surface area contributed by atoms with E-state index in [0.29, 0.717) is 6.54 Å². The van der Waals surface area contributed by atoms with E-state index in [0.717, 1.165) is 11.1 Å². The molecule has 0 bridgehead atoms. The molecule has 0 aromatic heterocycles. The second-order valence-corrected chi connectivity index (χ2v) is 4.45. The van der Waals surface area contributed by atoms with Gasteiger partial charge in [-0.25, -0.2) is 0 Å². The van der Waals surface area contributed by atoms with Gasteiger partial charge in [-0.2, -0.15) is 10.5 Å². The number of rotatable bonds is 3. The van der Waals surface area contributed by atoms with Crippen LogP contribution < -0.4 is 0 Å². The third kappa shape index (κ3) is 3.31. The maximum atomic E-state index is 8.62. The van der Waals surface area contributed by atoms with Crippen molar-refractivity contribution in [3.8, 4) is 23.3 Å². The number of hydrogen-bond acceptors (Lipinski definition) is 3. The summed E-state index contributed by atoms with van der Waals surface area (Å²) in [5.41, 5.74) is 4.43. The van der Waals surface area contributed by atoms with Crippen LogP contribution in [0.25, 0.3) is 11.1 Å². The van der Waals surface area contributed by atoms with Crippen molar-refractivity contribution >= 4 is 5.71 Å². The highest BCUT2D eigenvalue weighted by Crippen LogP contribution is 2.20. The minimum Gasteiger partial charge on any atom is -0.260 e. The Labute approximate surface area is 118 Å². The minimum atomic E-state index is -0.0902. The quantitative estimate of drug-likeness (QED) is 0.790. The largest absolute Gasteiger partial charge is 0.260 e. The molecule has 20 heavy (non-hydrogen) atoms. The van der Waals surface area contributed by atoms with Crippen molar-refractivity contribution in [1.29, 1.82) is 10.5 Å². The fraction of sp³-hybridized carbons (Fsp3) is 0.118. The molecule has 0 aliphatic heterocycles. The number of hydrogen-bond donors (Lipinski definition) is 0. The van der Waals surface area contributed by atoms with Gasteiger partial charge in [0.05, 0.1) is 6.54 Å². The van der Waals surface area contributed by atoms with E-state index in [1.165, 1.54) is 11.1 Å². The molecule has 0 aliphatic carbocycles. The molecule has 0 amide bonds. The summed E-state index contributed by atoms with van der Waals surface area (Å²) < 4.78 is 0. The SMILES string of the molecule is Cc1ccc(-c2ccc(CN=C(C#N)C#N)cc2)cc1. The van der Waals surface area contributed by atoms with Crippen LogP contribution in [0, 0.1) is 29.6 Å². The number of aryl methyl sites for hydroxylation is 1. The van der Waals surface area contributed by atoms with Crippen molar-refractivity contribution in [3.05, 3.63) is 59.7 Å². The van der Waals surface area contributed by atoms with Gasteiger partial charge >= 0.3 is 0 Å². The van der Waals surface area contributed by atoms with Gasteiger partial charge in [0.25, 0.3) is 0 Å². The Bertz CT molecular complexity index is 680. The predicted octanol–water partition coefficient (Wildman–Crippen LogP) is 3.65. The Morgan fingerprint density at radius 1 is 0.900 bits per heavy atom. The number of nitriles is 2. The van der Waals surface area contributed by atoms with E-state index in [1.54, 1.807) is 12.1 Å². The second-order valence-electron chi connectivity index (χ2n) is 4.45. The normalized spacial score (nSPS) is 9.35. The number of aliphatic imine (C=N–C) groups is 1. The van der Waals surface area contributed by atoms with Crippen molar-refractivity contribution in [2.45, 2.75) is 13.5 Å². The maximum absolute atomic E-state index is 8.62. The molecular formula is C17H13N3. The molecule has 0 radical (unpaired) electrons. The van der Waals surface area contributed by atoms with Crippen LogP contribution in [0.2, 0.25) is 0 Å². The zero-order valence-electron chi connectivity index (χ0n) is 11.2. The molecule has 0 atom stereocenters. The Morgan fingerprint density at radius 3 is 1.90 bits per heavy atom. The molecule has 0 aliphatic rings.